The quantitative estimate of drug-likeness (QED) is 0.0847. The number of methoxy groups -OCH3 is 2. The van der Waals surface area contributed by atoms with Gasteiger partial charge in [-0.05, 0) is 84.4 Å². The summed E-state index contributed by atoms with van der Waals surface area (Å²) in [6, 6.07) is 12.2. The smallest absolute Gasteiger partial charge is 0.407 e. The van der Waals surface area contributed by atoms with Crippen LogP contribution >= 0.6 is 0 Å². The zero-order valence-corrected chi connectivity index (χ0v) is 36.3. The third kappa shape index (κ3) is 7.91. The van der Waals surface area contributed by atoms with E-state index in [9.17, 15) is 24.3 Å². The van der Waals surface area contributed by atoms with Gasteiger partial charge < -0.3 is 49.7 Å². The van der Waals surface area contributed by atoms with Gasteiger partial charge in [0.15, 0.2) is 0 Å². The van der Waals surface area contributed by atoms with Crippen LogP contribution in [0.15, 0.2) is 48.7 Å². The number of carboxylic acid groups (broad SMARTS) is 1. The third-order valence-electron chi connectivity index (χ3n) is 13.1. The van der Waals surface area contributed by atoms with Crippen LogP contribution < -0.4 is 15.4 Å². The topological polar surface area (TPSA) is 204 Å². The monoisotopic (exact) mass is 848 g/mol. The second-order valence-corrected chi connectivity index (χ2v) is 17.4. The molecule has 4 amide bonds. The van der Waals surface area contributed by atoms with Gasteiger partial charge in [0, 0.05) is 36.6 Å². The number of imidazole rings is 2. The molecule has 62 heavy (non-hydrogen) atoms. The summed E-state index contributed by atoms with van der Waals surface area (Å²) in [6.45, 7) is 10.9. The largest absolute Gasteiger partial charge is 0.488 e. The molecule has 328 valence electrons. The number of nitrogens with one attached hydrogen (secondary N) is 4. The van der Waals surface area contributed by atoms with Crippen molar-refractivity contribution in [2.75, 3.05) is 27.4 Å². The van der Waals surface area contributed by atoms with Crippen molar-refractivity contribution in [1.29, 1.82) is 0 Å². The summed E-state index contributed by atoms with van der Waals surface area (Å²) in [4.78, 5) is 72.2. The number of aromatic amines is 2. The number of alkyl carbamates (subject to hydrolysis) is 1. The second kappa shape index (κ2) is 17.3. The molecule has 2 saturated heterocycles. The standard InChI is InChI=1S/C46H56N8O8/c1-8-24(4)39(52-46(59)61-7)44(56)54-25(5)9-14-35(54)41-47-19-34(49-41)28-10-12-30-29(16-28)22-62-37-18-31-27(17-32(30)37)11-13-33-40(31)50-42(48-33)36-15-26(21-60-6)20-53(36)43(55)38(23(2)3)51-45(57)58/h10-13,16-19,23-26,35-36,38-39,51H,8-9,14-15,20-22H2,1-7H3,(H,47,49)(H,48,50)(H,52,59)(H,57,58)/t24?,25-,26-,35-,36-,38?,39?/m0/s1. The molecule has 8 rings (SSSR count). The normalized spacial score (nSPS) is 21.0. The van der Waals surface area contributed by atoms with E-state index in [1.807, 2.05) is 63.9 Å². The second-order valence-electron chi connectivity index (χ2n) is 17.4. The van der Waals surface area contributed by atoms with Crippen molar-refractivity contribution in [1.82, 2.24) is 40.4 Å². The summed E-state index contributed by atoms with van der Waals surface area (Å²) < 4.78 is 16.8. The third-order valence-corrected chi connectivity index (χ3v) is 13.1. The van der Waals surface area contributed by atoms with Gasteiger partial charge in [-0.2, -0.15) is 0 Å². The average Bonchev–Trinajstić information content (AvgIpc) is 4.09. The van der Waals surface area contributed by atoms with Gasteiger partial charge in [0.1, 0.15) is 36.1 Å². The van der Waals surface area contributed by atoms with Gasteiger partial charge in [-0.25, -0.2) is 19.6 Å². The summed E-state index contributed by atoms with van der Waals surface area (Å²) >= 11 is 0. The average molecular weight is 849 g/mol. The van der Waals surface area contributed by atoms with Crippen LogP contribution in [0.5, 0.6) is 5.75 Å². The highest BCUT2D eigenvalue weighted by molar-refractivity contribution is 6.07. The first-order chi connectivity index (χ1) is 29.8. The first-order valence-corrected chi connectivity index (χ1v) is 21.5. The van der Waals surface area contributed by atoms with E-state index in [0.29, 0.717) is 44.2 Å². The van der Waals surface area contributed by atoms with Gasteiger partial charge in [0.2, 0.25) is 11.8 Å². The van der Waals surface area contributed by atoms with E-state index in [4.69, 9.17) is 24.2 Å². The van der Waals surface area contributed by atoms with Crippen LogP contribution in [0, 0.1) is 17.8 Å². The number of H-pyrrole nitrogens is 2. The van der Waals surface area contributed by atoms with E-state index in [2.05, 4.69) is 44.9 Å². The van der Waals surface area contributed by atoms with E-state index in [-0.39, 0.29) is 47.7 Å². The molecule has 3 aromatic carbocycles. The zero-order valence-electron chi connectivity index (χ0n) is 36.3. The van der Waals surface area contributed by atoms with Gasteiger partial charge in [0.05, 0.1) is 48.7 Å². The number of amides is 4. The Morgan fingerprint density at radius 1 is 0.952 bits per heavy atom. The van der Waals surface area contributed by atoms with Gasteiger partial charge >= 0.3 is 12.2 Å². The highest BCUT2D eigenvalue weighted by atomic mass is 16.5. The van der Waals surface area contributed by atoms with E-state index in [0.717, 1.165) is 68.3 Å². The molecule has 2 fully saturated rings. The molecule has 3 aliphatic rings. The first-order valence-electron chi connectivity index (χ1n) is 21.5. The Morgan fingerprint density at radius 2 is 1.76 bits per heavy atom. The molecule has 0 radical (unpaired) electrons. The van der Waals surface area contributed by atoms with Crippen LogP contribution in [0.2, 0.25) is 0 Å². The lowest BCUT2D eigenvalue weighted by Crippen LogP contribution is -2.53. The number of nitrogens with zero attached hydrogens (tertiary/aromatic N) is 4. The zero-order chi connectivity index (χ0) is 44.0. The Kier molecular flexibility index (Phi) is 11.9. The van der Waals surface area contributed by atoms with Crippen LogP contribution in [-0.4, -0.2) is 104 Å². The van der Waals surface area contributed by atoms with Crippen LogP contribution in [0.1, 0.15) is 89.6 Å². The Bertz CT molecular complexity index is 2510. The summed E-state index contributed by atoms with van der Waals surface area (Å²) in [5.41, 5.74) is 6.43. The number of carbonyl (C=O) groups is 4. The minimum Gasteiger partial charge on any atom is -0.488 e. The van der Waals surface area contributed by atoms with E-state index < -0.39 is 24.3 Å². The number of fused-ring (bicyclic) bond motifs is 6. The molecule has 5 N–H and O–H groups in total. The molecule has 5 aromatic rings. The Morgan fingerprint density at radius 3 is 2.48 bits per heavy atom. The summed E-state index contributed by atoms with van der Waals surface area (Å²) in [5, 5.41) is 16.6. The number of benzene rings is 3. The fourth-order valence-corrected chi connectivity index (χ4v) is 9.55. The maximum Gasteiger partial charge on any atom is 0.407 e. The first kappa shape index (κ1) is 42.5. The predicted molar refractivity (Wildman–Crippen MR) is 232 cm³/mol. The molecule has 2 aromatic heterocycles. The fraction of sp³-hybridized carbons (Fsp3) is 0.478. The molecule has 0 spiro atoms. The lowest BCUT2D eigenvalue weighted by atomic mass is 9.92. The van der Waals surface area contributed by atoms with Crippen molar-refractivity contribution in [2.45, 2.75) is 97.1 Å². The SMILES string of the molecule is CCC(C)C(NC(=O)OC)C(=O)N1[C@@H](C)CC[C@H]1c1ncc(-c2ccc3c(c2)COc2cc4c(ccc5nc([C@@H]6C[C@H](COC)CN6C(=O)C(NC(=O)O)C(C)C)[nH]c54)cc2-3)[nH]1. The highest BCUT2D eigenvalue weighted by Gasteiger charge is 2.43. The molecule has 16 heteroatoms. The molecule has 7 atom stereocenters. The molecule has 0 saturated carbocycles. The minimum absolute atomic E-state index is 0.0231. The predicted octanol–water partition coefficient (Wildman–Crippen LogP) is 7.32. The molecule has 16 nitrogen and oxygen atoms in total. The van der Waals surface area contributed by atoms with E-state index >= 15 is 0 Å². The Balaban J connectivity index is 1.05. The molecule has 3 aliphatic heterocycles. The van der Waals surface area contributed by atoms with Gasteiger partial charge in [-0.1, -0.05) is 52.3 Å². The van der Waals surface area contributed by atoms with Crippen molar-refractivity contribution < 1.29 is 38.5 Å². The van der Waals surface area contributed by atoms with Crippen LogP contribution in [0.3, 0.4) is 0 Å². The van der Waals surface area contributed by atoms with Crippen LogP contribution in [0.4, 0.5) is 9.59 Å². The van der Waals surface area contributed by atoms with Gasteiger partial charge in [0.25, 0.3) is 0 Å². The number of hydrogen-bond donors (Lipinski definition) is 5. The number of carbonyl (C=O) groups excluding carboxylic acids is 3. The molecule has 0 bridgehead atoms. The van der Waals surface area contributed by atoms with Crippen LogP contribution in [0.25, 0.3) is 44.2 Å². The van der Waals surface area contributed by atoms with Crippen molar-refractivity contribution in [3.63, 3.8) is 0 Å². The number of rotatable bonds is 12. The maximum absolute atomic E-state index is 14.0. The fourth-order valence-electron chi connectivity index (χ4n) is 9.55. The molecule has 0 aliphatic carbocycles. The Hall–Kier alpha value is -6.16. The Labute approximate surface area is 360 Å². The molecular weight excluding hydrogens is 793 g/mol. The van der Waals surface area contributed by atoms with Crippen molar-refractivity contribution in [3.8, 4) is 28.1 Å². The minimum atomic E-state index is -1.24. The molecular formula is C46H56N8O8. The summed E-state index contributed by atoms with van der Waals surface area (Å²) in [6.07, 6.45) is 2.85. The molecule has 5 heterocycles. The number of hydrogen-bond acceptors (Lipinski definition) is 9. The van der Waals surface area contributed by atoms with Crippen molar-refractivity contribution in [2.24, 2.45) is 17.8 Å². The van der Waals surface area contributed by atoms with E-state index in [1.165, 1.54) is 7.11 Å². The number of aromatic nitrogens is 4. The van der Waals surface area contributed by atoms with Crippen molar-refractivity contribution >= 4 is 45.8 Å². The molecule has 3 unspecified atom stereocenters. The lowest BCUT2D eigenvalue weighted by Gasteiger charge is -2.33. The number of ether oxygens (including phenoxy) is 3. The maximum atomic E-state index is 14.0. The van der Waals surface area contributed by atoms with Gasteiger partial charge in [-0.3, -0.25) is 9.59 Å². The van der Waals surface area contributed by atoms with E-state index in [1.54, 1.807) is 12.0 Å². The van der Waals surface area contributed by atoms with Gasteiger partial charge in [-0.15, -0.1) is 0 Å². The number of likely N-dealkylation sites (tertiary alicyclic amines) is 2. The van der Waals surface area contributed by atoms with Crippen molar-refractivity contribution in [3.05, 3.63) is 65.9 Å². The lowest BCUT2D eigenvalue weighted by molar-refractivity contribution is -0.137. The summed E-state index contributed by atoms with van der Waals surface area (Å²) in [7, 11) is 2.94. The van der Waals surface area contributed by atoms with Crippen LogP contribution in [-0.2, 0) is 25.7 Å². The highest BCUT2D eigenvalue weighted by Crippen LogP contribution is 2.44. The summed E-state index contributed by atoms with van der Waals surface area (Å²) in [5.74, 6) is 1.41.